The molecular weight excluding hydrogens is 202 g/mol. The number of nitrogens with two attached hydrogens (primary N) is 3. The number of carbonyl (C=O) groups excluding carboxylic acids is 1. The molecule has 0 aliphatic carbocycles. The molecule has 1 aromatic rings. The van der Waals surface area contributed by atoms with Gasteiger partial charge in [0.2, 0.25) is 0 Å². The van der Waals surface area contributed by atoms with Crippen LogP contribution in [0.3, 0.4) is 0 Å². The number of carboxylic acid groups (broad SMARTS) is 1. The van der Waals surface area contributed by atoms with Crippen LogP contribution in [0.2, 0.25) is 0 Å². The number of hydrogen-bond donors (Lipinski definition) is 5. The number of primary amides is 3. The van der Waals surface area contributed by atoms with E-state index in [0.29, 0.717) is 5.75 Å². The Kier molecular flexibility index (Phi) is 9.68. The van der Waals surface area contributed by atoms with Crippen LogP contribution in [0.25, 0.3) is 0 Å². The first-order chi connectivity index (χ1) is 6.86. The summed E-state index contributed by atoms with van der Waals surface area (Å²) in [5.74, 6) is 0.322. The number of phenolic OH excluding ortho intramolecular Hbond substituents is 1. The number of benzene rings is 1. The number of hydrogen-bond acceptors (Lipinski definition) is 3. The largest absolute Gasteiger partial charge is 0.508 e. The van der Waals surface area contributed by atoms with Crippen LogP contribution >= 0.6 is 0 Å². The molecule has 0 aromatic heterocycles. The maximum atomic E-state index is 9.00. The molecule has 0 saturated heterocycles. The van der Waals surface area contributed by atoms with Gasteiger partial charge >= 0.3 is 12.1 Å². The van der Waals surface area contributed by atoms with Gasteiger partial charge in [-0.25, -0.2) is 9.59 Å². The van der Waals surface area contributed by atoms with Crippen molar-refractivity contribution < 1.29 is 19.8 Å². The van der Waals surface area contributed by atoms with E-state index in [1.807, 2.05) is 6.07 Å². The van der Waals surface area contributed by atoms with Crippen molar-refractivity contribution in [3.8, 4) is 5.75 Å². The Morgan fingerprint density at radius 2 is 1.27 bits per heavy atom. The molecule has 3 amide bonds. The Morgan fingerprint density at radius 3 is 1.40 bits per heavy atom. The Morgan fingerprint density at radius 1 is 1.00 bits per heavy atom. The van der Waals surface area contributed by atoms with Gasteiger partial charge in [0.1, 0.15) is 5.75 Å². The second kappa shape index (κ2) is 9.65. The standard InChI is InChI=1S/C6H6O.CH4N2O.CH3NO2/c7-6-4-2-1-3-5-6;2*2-1(3)4/h1-5,7H;(H4,2,3,4);2H2,(H,3,4). The van der Waals surface area contributed by atoms with Gasteiger partial charge in [0.25, 0.3) is 0 Å². The van der Waals surface area contributed by atoms with Crippen LogP contribution in [0, 0.1) is 0 Å². The second-order valence-electron chi connectivity index (χ2n) is 2.08. The molecule has 1 aromatic carbocycles. The van der Waals surface area contributed by atoms with E-state index >= 15 is 0 Å². The summed E-state index contributed by atoms with van der Waals surface area (Å²) in [7, 11) is 0. The average Bonchev–Trinajstić information content (AvgIpc) is 2.03. The molecule has 7 heteroatoms. The van der Waals surface area contributed by atoms with Crippen molar-refractivity contribution in [2.75, 3.05) is 0 Å². The van der Waals surface area contributed by atoms with Crippen LogP contribution in [0.1, 0.15) is 0 Å². The molecule has 7 nitrogen and oxygen atoms in total. The minimum Gasteiger partial charge on any atom is -0.508 e. The lowest BCUT2D eigenvalue weighted by Gasteiger charge is -1.82. The first-order valence-electron chi connectivity index (χ1n) is 3.63. The second-order valence-corrected chi connectivity index (χ2v) is 2.08. The van der Waals surface area contributed by atoms with Gasteiger partial charge in [-0.2, -0.15) is 0 Å². The fraction of sp³-hybridized carbons (Fsp3) is 0. The number of urea groups is 1. The number of aromatic hydroxyl groups is 1. The highest BCUT2D eigenvalue weighted by molar-refractivity contribution is 5.69. The molecule has 0 aliphatic rings. The first-order valence-corrected chi connectivity index (χ1v) is 3.63. The Bertz CT molecular complexity index is 269. The number of phenols is 1. The third-order valence-electron chi connectivity index (χ3n) is 0.756. The van der Waals surface area contributed by atoms with E-state index in [1.54, 1.807) is 24.3 Å². The molecular formula is C8H13N3O4. The van der Waals surface area contributed by atoms with Crippen molar-refractivity contribution in [3.05, 3.63) is 30.3 Å². The van der Waals surface area contributed by atoms with E-state index < -0.39 is 12.1 Å². The number of amides is 3. The third kappa shape index (κ3) is 34.2. The van der Waals surface area contributed by atoms with Gasteiger partial charge in [0, 0.05) is 0 Å². The molecule has 0 spiro atoms. The highest BCUT2D eigenvalue weighted by Gasteiger charge is 1.74. The van der Waals surface area contributed by atoms with E-state index in [4.69, 9.17) is 19.8 Å². The molecule has 0 atom stereocenters. The topological polar surface area (TPSA) is 153 Å². The van der Waals surface area contributed by atoms with E-state index in [2.05, 4.69) is 17.2 Å². The molecule has 0 aliphatic heterocycles. The minimum atomic E-state index is -1.33. The summed E-state index contributed by atoms with van der Waals surface area (Å²) in [5.41, 5.74) is 12.5. The quantitative estimate of drug-likeness (QED) is 0.414. The van der Waals surface area contributed by atoms with Crippen molar-refractivity contribution in [2.45, 2.75) is 0 Å². The van der Waals surface area contributed by atoms with Gasteiger partial charge < -0.3 is 27.4 Å². The first kappa shape index (κ1) is 15.1. The van der Waals surface area contributed by atoms with Gasteiger partial charge in [0.05, 0.1) is 0 Å². The summed E-state index contributed by atoms with van der Waals surface area (Å²) < 4.78 is 0. The van der Waals surface area contributed by atoms with Crippen molar-refractivity contribution >= 4 is 12.1 Å². The van der Waals surface area contributed by atoms with E-state index in [1.165, 1.54) is 0 Å². The summed E-state index contributed by atoms with van der Waals surface area (Å²) >= 11 is 0. The smallest absolute Gasteiger partial charge is 0.402 e. The minimum absolute atomic E-state index is 0.322. The zero-order valence-electron chi connectivity index (χ0n) is 7.83. The summed E-state index contributed by atoms with van der Waals surface area (Å²) in [6, 6.07) is 7.88. The highest BCUT2D eigenvalue weighted by Crippen LogP contribution is 2.02. The lowest BCUT2D eigenvalue weighted by Crippen LogP contribution is -2.18. The number of carbonyl (C=O) groups is 2. The summed E-state index contributed by atoms with van der Waals surface area (Å²) in [6.45, 7) is 0. The highest BCUT2D eigenvalue weighted by atomic mass is 16.4. The number of para-hydroxylation sites is 1. The molecule has 1 rings (SSSR count). The Balaban J connectivity index is 0. The molecule has 0 fully saturated rings. The molecule has 0 unspecified atom stereocenters. The fourth-order valence-electron chi connectivity index (χ4n) is 0.428. The van der Waals surface area contributed by atoms with Gasteiger partial charge in [-0.3, -0.25) is 0 Å². The number of rotatable bonds is 0. The average molecular weight is 215 g/mol. The van der Waals surface area contributed by atoms with Crippen LogP contribution in [0.4, 0.5) is 9.59 Å². The zero-order chi connectivity index (χ0) is 12.3. The van der Waals surface area contributed by atoms with E-state index in [0.717, 1.165) is 0 Å². The monoisotopic (exact) mass is 215 g/mol. The van der Waals surface area contributed by atoms with Gasteiger partial charge in [0.15, 0.2) is 0 Å². The third-order valence-corrected chi connectivity index (χ3v) is 0.756. The van der Waals surface area contributed by atoms with Crippen LogP contribution in [-0.4, -0.2) is 22.3 Å². The maximum Gasteiger partial charge on any atom is 0.402 e. The maximum absolute atomic E-state index is 9.00. The fourth-order valence-corrected chi connectivity index (χ4v) is 0.428. The van der Waals surface area contributed by atoms with Crippen LogP contribution in [0.5, 0.6) is 5.75 Å². The van der Waals surface area contributed by atoms with Gasteiger partial charge in [-0.05, 0) is 12.1 Å². The van der Waals surface area contributed by atoms with Crippen molar-refractivity contribution in [1.82, 2.24) is 0 Å². The van der Waals surface area contributed by atoms with Crippen LogP contribution in [0.15, 0.2) is 30.3 Å². The lowest BCUT2D eigenvalue weighted by atomic mass is 10.3. The van der Waals surface area contributed by atoms with Gasteiger partial charge in [-0.1, -0.05) is 18.2 Å². The Hall–Kier alpha value is -2.44. The predicted octanol–water partition coefficient (Wildman–Crippen LogP) is 0.0391. The molecule has 0 bridgehead atoms. The van der Waals surface area contributed by atoms with E-state index in [9.17, 15) is 0 Å². The van der Waals surface area contributed by atoms with Crippen molar-refractivity contribution in [2.24, 2.45) is 17.2 Å². The van der Waals surface area contributed by atoms with Crippen molar-refractivity contribution in [1.29, 1.82) is 0 Å². The van der Waals surface area contributed by atoms with Crippen molar-refractivity contribution in [3.63, 3.8) is 0 Å². The van der Waals surface area contributed by atoms with E-state index in [-0.39, 0.29) is 0 Å². The predicted molar refractivity (Wildman–Crippen MR) is 54.1 cm³/mol. The molecule has 84 valence electrons. The zero-order valence-corrected chi connectivity index (χ0v) is 7.83. The molecule has 8 N–H and O–H groups in total. The summed E-state index contributed by atoms with van der Waals surface area (Å²) in [5, 5.41) is 15.8. The lowest BCUT2D eigenvalue weighted by molar-refractivity contribution is 0.205. The van der Waals surface area contributed by atoms with Crippen LogP contribution in [-0.2, 0) is 0 Å². The normalized spacial score (nSPS) is 7.20. The molecule has 0 heterocycles. The molecule has 0 saturated carbocycles. The van der Waals surface area contributed by atoms with Crippen LogP contribution < -0.4 is 17.2 Å². The SMILES string of the molecule is NC(=O)O.NC(N)=O.Oc1ccccc1. The Labute approximate surface area is 86.1 Å². The molecule has 0 radical (unpaired) electrons. The van der Waals surface area contributed by atoms with Gasteiger partial charge in [-0.15, -0.1) is 0 Å². The summed E-state index contributed by atoms with van der Waals surface area (Å²) in [6.07, 6.45) is -1.33. The molecule has 15 heavy (non-hydrogen) atoms. The summed E-state index contributed by atoms with van der Waals surface area (Å²) in [4.78, 5) is 17.8.